The predicted octanol–water partition coefficient (Wildman–Crippen LogP) is 6.47. The van der Waals surface area contributed by atoms with Crippen LogP contribution in [0.5, 0.6) is 0 Å². The van der Waals surface area contributed by atoms with E-state index in [-0.39, 0.29) is 5.91 Å². The minimum absolute atomic E-state index is 0.172. The minimum atomic E-state index is -0.172. The molecule has 0 unspecified atom stereocenters. The number of nitrogens with zero attached hydrogens (tertiary/aromatic N) is 4. The lowest BCUT2D eigenvalue weighted by Gasteiger charge is -2.18. The number of amides is 1. The van der Waals surface area contributed by atoms with E-state index in [0.717, 1.165) is 32.7 Å². The third-order valence-electron chi connectivity index (χ3n) is 5.09. The quantitative estimate of drug-likeness (QED) is 0.294. The summed E-state index contributed by atoms with van der Waals surface area (Å²) in [5.74, 6) is -0.172. The van der Waals surface area contributed by atoms with E-state index in [2.05, 4.69) is 5.10 Å². The van der Waals surface area contributed by atoms with Crippen LogP contribution in [-0.4, -0.2) is 27.2 Å². The molecule has 0 saturated carbocycles. The van der Waals surface area contributed by atoms with E-state index in [1.54, 1.807) is 17.0 Å². The van der Waals surface area contributed by atoms with Crippen LogP contribution in [0.4, 0.5) is 5.13 Å². The Bertz CT molecular complexity index is 1330. The number of benzene rings is 2. The highest BCUT2D eigenvalue weighted by atomic mass is 35.5. The van der Waals surface area contributed by atoms with Gasteiger partial charge in [0.15, 0.2) is 5.13 Å². The number of anilines is 1. The number of thiazole rings is 1. The summed E-state index contributed by atoms with van der Waals surface area (Å²) in [6.07, 6.45) is 3.27. The van der Waals surface area contributed by atoms with Crippen LogP contribution in [0.2, 0.25) is 10.0 Å². The minimum Gasteiger partial charge on any atom is -0.283 e. The Morgan fingerprint density at radius 2 is 1.94 bits per heavy atom. The zero-order valence-electron chi connectivity index (χ0n) is 18.0. The normalized spacial score (nSPS) is 11.5. The summed E-state index contributed by atoms with van der Waals surface area (Å²) >= 11 is 13.9. The summed E-state index contributed by atoms with van der Waals surface area (Å²) < 4.78 is 2.85. The van der Waals surface area contributed by atoms with Crippen molar-refractivity contribution in [3.63, 3.8) is 0 Å². The Kier molecular flexibility index (Phi) is 6.65. The van der Waals surface area contributed by atoms with Crippen LogP contribution >= 0.6 is 34.5 Å². The van der Waals surface area contributed by atoms with Gasteiger partial charge in [0.05, 0.1) is 22.5 Å². The standard InChI is InChI=1S/C24H22Cl2N4OS/c1-15-12-19(25)14-21-23(15)27-24(32-21)29(10-11-30-17(3)13-16(2)28-30)22(31)9-8-18-6-4-5-7-20(18)26/h4-9,12-14H,10-11H2,1-3H3. The first-order valence-electron chi connectivity index (χ1n) is 10.1. The lowest BCUT2D eigenvalue weighted by atomic mass is 10.2. The van der Waals surface area contributed by atoms with Crippen LogP contribution in [-0.2, 0) is 11.3 Å². The molecule has 0 N–H and O–H groups in total. The molecule has 4 rings (SSSR count). The molecular formula is C24H22Cl2N4OS. The van der Waals surface area contributed by atoms with Crippen LogP contribution in [0.3, 0.4) is 0 Å². The summed E-state index contributed by atoms with van der Waals surface area (Å²) in [5, 5.41) is 6.39. The van der Waals surface area contributed by atoms with Crippen molar-refractivity contribution >= 4 is 61.9 Å². The number of halogens is 2. The SMILES string of the molecule is Cc1cc(C)n(CCN(C(=O)C=Cc2ccccc2Cl)c2nc3c(C)cc(Cl)cc3s2)n1. The second-order valence-electron chi connectivity index (χ2n) is 7.56. The predicted molar refractivity (Wildman–Crippen MR) is 134 cm³/mol. The van der Waals surface area contributed by atoms with E-state index in [1.807, 2.05) is 61.9 Å². The van der Waals surface area contributed by atoms with Gasteiger partial charge < -0.3 is 0 Å². The maximum absolute atomic E-state index is 13.3. The fourth-order valence-electron chi connectivity index (χ4n) is 3.52. The van der Waals surface area contributed by atoms with E-state index >= 15 is 0 Å². The van der Waals surface area contributed by atoms with Gasteiger partial charge in [-0.1, -0.05) is 52.7 Å². The van der Waals surface area contributed by atoms with Gasteiger partial charge in [0, 0.05) is 28.4 Å². The van der Waals surface area contributed by atoms with Crippen molar-refractivity contribution in [2.45, 2.75) is 27.3 Å². The molecule has 0 aliphatic carbocycles. The van der Waals surface area contributed by atoms with Crippen molar-refractivity contribution in [1.29, 1.82) is 0 Å². The molecule has 0 fully saturated rings. The maximum Gasteiger partial charge on any atom is 0.252 e. The average molecular weight is 485 g/mol. The fraction of sp³-hybridized carbons (Fsp3) is 0.208. The van der Waals surface area contributed by atoms with Crippen LogP contribution in [0, 0.1) is 20.8 Å². The highest BCUT2D eigenvalue weighted by Gasteiger charge is 2.19. The second kappa shape index (κ2) is 9.45. The molecule has 4 aromatic rings. The number of hydrogen-bond donors (Lipinski definition) is 0. The van der Waals surface area contributed by atoms with Gasteiger partial charge >= 0.3 is 0 Å². The smallest absolute Gasteiger partial charge is 0.252 e. The van der Waals surface area contributed by atoms with Crippen LogP contribution in [0.15, 0.2) is 48.5 Å². The van der Waals surface area contributed by atoms with Gasteiger partial charge in [-0.3, -0.25) is 14.4 Å². The summed E-state index contributed by atoms with van der Waals surface area (Å²) in [7, 11) is 0. The molecule has 2 aromatic carbocycles. The van der Waals surface area contributed by atoms with Gasteiger partial charge in [-0.25, -0.2) is 4.98 Å². The van der Waals surface area contributed by atoms with Gasteiger partial charge in [-0.15, -0.1) is 0 Å². The van der Waals surface area contributed by atoms with Crippen LogP contribution in [0.1, 0.15) is 22.5 Å². The largest absolute Gasteiger partial charge is 0.283 e. The van der Waals surface area contributed by atoms with E-state index in [4.69, 9.17) is 28.2 Å². The first kappa shape index (κ1) is 22.5. The van der Waals surface area contributed by atoms with E-state index < -0.39 is 0 Å². The van der Waals surface area contributed by atoms with Gasteiger partial charge in [-0.05, 0) is 62.2 Å². The first-order chi connectivity index (χ1) is 15.3. The fourth-order valence-corrected chi connectivity index (χ4v) is 5.17. The van der Waals surface area contributed by atoms with Gasteiger partial charge in [-0.2, -0.15) is 5.10 Å². The molecule has 2 aromatic heterocycles. The Morgan fingerprint density at radius 3 is 2.66 bits per heavy atom. The van der Waals surface area contributed by atoms with Crippen molar-refractivity contribution in [3.05, 3.63) is 81.1 Å². The molecule has 0 saturated heterocycles. The zero-order valence-corrected chi connectivity index (χ0v) is 20.3. The summed E-state index contributed by atoms with van der Waals surface area (Å²) in [6, 6.07) is 13.2. The molecule has 0 aliphatic heterocycles. The van der Waals surface area contributed by atoms with Gasteiger partial charge in [0.1, 0.15) is 0 Å². The second-order valence-corrected chi connectivity index (χ2v) is 9.41. The molecule has 8 heteroatoms. The molecule has 32 heavy (non-hydrogen) atoms. The Balaban J connectivity index is 1.67. The third kappa shape index (κ3) is 4.88. The summed E-state index contributed by atoms with van der Waals surface area (Å²) in [4.78, 5) is 19.7. The molecule has 5 nitrogen and oxygen atoms in total. The van der Waals surface area contributed by atoms with E-state index in [1.165, 1.54) is 17.4 Å². The first-order valence-corrected chi connectivity index (χ1v) is 11.7. The van der Waals surface area contributed by atoms with Gasteiger partial charge in [0.25, 0.3) is 5.91 Å². The Hall–Kier alpha value is -2.67. The summed E-state index contributed by atoms with van der Waals surface area (Å²) in [5.41, 5.74) is 4.62. The Labute approximate surface area is 200 Å². The third-order valence-corrected chi connectivity index (χ3v) is 6.67. The zero-order chi connectivity index (χ0) is 22.8. The molecule has 0 aliphatic rings. The number of hydrogen-bond acceptors (Lipinski definition) is 4. The molecule has 0 atom stereocenters. The molecule has 0 spiro atoms. The van der Waals surface area contributed by atoms with Crippen molar-refractivity contribution in [2.75, 3.05) is 11.4 Å². The van der Waals surface area contributed by atoms with Crippen molar-refractivity contribution < 1.29 is 4.79 Å². The van der Waals surface area contributed by atoms with Crippen molar-refractivity contribution in [1.82, 2.24) is 14.8 Å². The highest BCUT2D eigenvalue weighted by molar-refractivity contribution is 7.22. The van der Waals surface area contributed by atoms with E-state index in [9.17, 15) is 4.79 Å². The molecule has 2 heterocycles. The molecular weight excluding hydrogens is 463 g/mol. The van der Waals surface area contributed by atoms with Crippen LogP contribution < -0.4 is 4.90 Å². The Morgan fingerprint density at radius 1 is 1.16 bits per heavy atom. The molecule has 1 amide bonds. The molecule has 0 radical (unpaired) electrons. The lowest BCUT2D eigenvalue weighted by Crippen LogP contribution is -2.33. The van der Waals surface area contributed by atoms with E-state index in [0.29, 0.717) is 28.3 Å². The number of carbonyl (C=O) groups is 1. The van der Waals surface area contributed by atoms with Gasteiger partial charge in [0.2, 0.25) is 0 Å². The van der Waals surface area contributed by atoms with Crippen molar-refractivity contribution in [2.24, 2.45) is 0 Å². The topological polar surface area (TPSA) is 51.0 Å². The monoisotopic (exact) mass is 484 g/mol. The highest BCUT2D eigenvalue weighted by Crippen LogP contribution is 2.33. The lowest BCUT2D eigenvalue weighted by molar-refractivity contribution is -0.114. The maximum atomic E-state index is 13.3. The number of fused-ring (bicyclic) bond motifs is 1. The number of aromatic nitrogens is 3. The van der Waals surface area contributed by atoms with Crippen LogP contribution in [0.25, 0.3) is 16.3 Å². The molecule has 0 bridgehead atoms. The summed E-state index contributed by atoms with van der Waals surface area (Å²) in [6.45, 7) is 6.92. The average Bonchev–Trinajstić information content (AvgIpc) is 3.30. The number of carbonyl (C=O) groups excluding carboxylic acids is 1. The van der Waals surface area contributed by atoms with Crippen molar-refractivity contribution in [3.8, 4) is 0 Å². The number of rotatable bonds is 6. The number of aryl methyl sites for hydroxylation is 3. The molecule has 164 valence electrons.